The van der Waals surface area contributed by atoms with Crippen LogP contribution < -0.4 is 0 Å². The van der Waals surface area contributed by atoms with Gasteiger partial charge in [-0.2, -0.15) is 0 Å². The largest absolute Gasteiger partial charge is 0.376 e. The zero-order valence-corrected chi connectivity index (χ0v) is 15.1. The summed E-state index contributed by atoms with van der Waals surface area (Å²) in [5.41, 5.74) is 3.63. The Bertz CT molecular complexity index is 480. The van der Waals surface area contributed by atoms with Crippen LogP contribution in [-0.4, -0.2) is 24.5 Å². The Morgan fingerprint density at radius 3 is 1.48 bits per heavy atom. The molecule has 23 heavy (non-hydrogen) atoms. The Morgan fingerprint density at radius 2 is 1.09 bits per heavy atom. The van der Waals surface area contributed by atoms with Gasteiger partial charge in [-0.25, -0.2) is 0 Å². The first-order valence-electron chi connectivity index (χ1n) is 8.23. The highest BCUT2D eigenvalue weighted by atomic mass is 31.1. The molecule has 2 aromatic carbocycles. The van der Waals surface area contributed by atoms with Gasteiger partial charge in [0.25, 0.3) is 0 Å². The Morgan fingerprint density at radius 1 is 0.696 bits per heavy atom. The van der Waals surface area contributed by atoms with Gasteiger partial charge >= 0.3 is 0 Å². The average molecular weight is 330 g/mol. The third kappa shape index (κ3) is 7.74. The Kier molecular flexibility index (Phi) is 8.31. The Hall–Kier alpha value is -1.21. The molecule has 0 aliphatic heterocycles. The van der Waals surface area contributed by atoms with Crippen LogP contribution in [0.25, 0.3) is 0 Å². The molecule has 0 amide bonds. The maximum Gasteiger partial charge on any atom is 0.0717 e. The molecule has 2 nitrogen and oxygen atoms in total. The van der Waals surface area contributed by atoms with Crippen molar-refractivity contribution in [3.8, 4) is 0 Å². The molecular formula is C20H27O2P. The van der Waals surface area contributed by atoms with Crippen LogP contribution in [-0.2, 0) is 22.7 Å². The lowest BCUT2D eigenvalue weighted by Gasteiger charge is -2.18. The summed E-state index contributed by atoms with van der Waals surface area (Å²) in [5, 5.41) is 0. The molecule has 124 valence electrons. The van der Waals surface area contributed by atoms with Gasteiger partial charge in [0, 0.05) is 0 Å². The highest BCUT2D eigenvalue weighted by Crippen LogP contribution is 2.26. The summed E-state index contributed by atoms with van der Waals surface area (Å²) in [7, 11) is 0.865. The van der Waals surface area contributed by atoms with Crippen LogP contribution in [0.15, 0.2) is 60.7 Å². The first-order chi connectivity index (χ1) is 11.2. The maximum atomic E-state index is 5.82. The number of hydrogen-bond donors (Lipinski definition) is 0. The van der Waals surface area contributed by atoms with E-state index in [1.54, 1.807) is 0 Å². The van der Waals surface area contributed by atoms with Gasteiger partial charge in [0.05, 0.1) is 26.4 Å². The first kappa shape index (κ1) is 18.1. The summed E-state index contributed by atoms with van der Waals surface area (Å²) in [6.45, 7) is 7.56. The van der Waals surface area contributed by atoms with Crippen LogP contribution in [0, 0.1) is 0 Å². The molecule has 0 aliphatic rings. The summed E-state index contributed by atoms with van der Waals surface area (Å²) in [5.74, 6) is 0. The normalized spacial score (nSPS) is 13.7. The van der Waals surface area contributed by atoms with Gasteiger partial charge in [-0.3, -0.25) is 0 Å². The Balaban J connectivity index is 1.56. The molecule has 0 unspecified atom stereocenters. The van der Waals surface area contributed by atoms with E-state index >= 15 is 0 Å². The van der Waals surface area contributed by atoms with Crippen molar-refractivity contribution in [3.05, 3.63) is 71.8 Å². The van der Waals surface area contributed by atoms with Crippen molar-refractivity contribution in [2.24, 2.45) is 0 Å². The van der Waals surface area contributed by atoms with Crippen molar-refractivity contribution in [1.29, 1.82) is 0 Å². The first-order valence-corrected chi connectivity index (χ1v) is 9.39. The lowest BCUT2D eigenvalue weighted by atomic mass is 10.2. The SMILES string of the molecule is C[C@H](COCc1ccccc1)P[C@H](C)COCc1ccccc1. The van der Waals surface area contributed by atoms with Gasteiger partial charge in [-0.1, -0.05) is 74.5 Å². The van der Waals surface area contributed by atoms with Gasteiger partial charge in [0.2, 0.25) is 0 Å². The molecule has 2 rings (SSSR count). The minimum absolute atomic E-state index is 0.578. The summed E-state index contributed by atoms with van der Waals surface area (Å²) in [6.07, 6.45) is 0. The molecule has 0 bridgehead atoms. The summed E-state index contributed by atoms with van der Waals surface area (Å²) < 4.78 is 11.6. The van der Waals surface area contributed by atoms with Gasteiger partial charge in [-0.15, -0.1) is 8.58 Å². The van der Waals surface area contributed by atoms with Crippen molar-refractivity contribution in [2.45, 2.75) is 38.4 Å². The molecule has 2 aromatic rings. The monoisotopic (exact) mass is 330 g/mol. The lowest BCUT2D eigenvalue weighted by molar-refractivity contribution is 0.119. The van der Waals surface area contributed by atoms with E-state index in [0.29, 0.717) is 24.5 Å². The fourth-order valence-electron chi connectivity index (χ4n) is 2.44. The second kappa shape index (κ2) is 10.5. The molecule has 0 N–H and O–H groups in total. The van der Waals surface area contributed by atoms with E-state index in [2.05, 4.69) is 62.4 Å². The van der Waals surface area contributed by atoms with Crippen LogP contribution in [0.5, 0.6) is 0 Å². The lowest BCUT2D eigenvalue weighted by Crippen LogP contribution is -2.14. The number of rotatable bonds is 10. The summed E-state index contributed by atoms with van der Waals surface area (Å²) in [4.78, 5) is 0. The van der Waals surface area contributed by atoms with Crippen molar-refractivity contribution in [1.82, 2.24) is 0 Å². The third-order valence-corrected chi connectivity index (χ3v) is 5.00. The van der Waals surface area contributed by atoms with Crippen LogP contribution in [0.1, 0.15) is 25.0 Å². The zero-order valence-electron chi connectivity index (χ0n) is 14.1. The van der Waals surface area contributed by atoms with Crippen molar-refractivity contribution in [3.63, 3.8) is 0 Å². The second-order valence-electron chi connectivity index (χ2n) is 5.97. The van der Waals surface area contributed by atoms with Crippen LogP contribution in [0.3, 0.4) is 0 Å². The van der Waals surface area contributed by atoms with Gasteiger partial charge < -0.3 is 9.47 Å². The highest BCUT2D eigenvalue weighted by Gasteiger charge is 2.09. The molecule has 0 heterocycles. The summed E-state index contributed by atoms with van der Waals surface area (Å²) >= 11 is 0. The van der Waals surface area contributed by atoms with Gasteiger partial charge in [-0.05, 0) is 22.4 Å². The van der Waals surface area contributed by atoms with Crippen molar-refractivity contribution < 1.29 is 9.47 Å². The molecule has 0 saturated carbocycles. The fourth-order valence-corrected chi connectivity index (χ4v) is 3.84. The zero-order chi connectivity index (χ0) is 16.3. The van der Waals surface area contributed by atoms with Crippen LogP contribution >= 0.6 is 8.58 Å². The molecular weight excluding hydrogens is 303 g/mol. The summed E-state index contributed by atoms with van der Waals surface area (Å²) in [6, 6.07) is 20.7. The number of hydrogen-bond acceptors (Lipinski definition) is 2. The molecule has 0 radical (unpaired) electrons. The minimum atomic E-state index is 0.578. The number of ether oxygens (including phenoxy) is 2. The third-order valence-electron chi connectivity index (χ3n) is 3.53. The standard InChI is InChI=1S/C20H27O2P/c1-17(13-21-15-19-9-5-3-6-10-19)23-18(2)14-22-16-20-11-7-4-8-12-20/h3-12,17-18,23H,13-16H2,1-2H3/t17-,18-/m1/s1. The van der Waals surface area contributed by atoms with E-state index in [-0.39, 0.29) is 0 Å². The molecule has 0 fully saturated rings. The highest BCUT2D eigenvalue weighted by molar-refractivity contribution is 7.39. The Labute approximate surface area is 142 Å². The molecule has 0 saturated heterocycles. The fraction of sp³-hybridized carbons (Fsp3) is 0.400. The van der Waals surface area contributed by atoms with E-state index in [4.69, 9.17) is 9.47 Å². The molecule has 0 aliphatic carbocycles. The topological polar surface area (TPSA) is 18.5 Å². The quantitative estimate of drug-likeness (QED) is 0.578. The molecule has 0 spiro atoms. The van der Waals surface area contributed by atoms with E-state index in [9.17, 15) is 0 Å². The van der Waals surface area contributed by atoms with E-state index < -0.39 is 0 Å². The van der Waals surface area contributed by atoms with Gasteiger partial charge in [0.15, 0.2) is 0 Å². The van der Waals surface area contributed by atoms with E-state index in [0.717, 1.165) is 21.8 Å². The van der Waals surface area contributed by atoms with Crippen molar-refractivity contribution in [2.75, 3.05) is 13.2 Å². The van der Waals surface area contributed by atoms with Crippen molar-refractivity contribution >= 4 is 8.58 Å². The predicted molar refractivity (Wildman–Crippen MR) is 99.4 cm³/mol. The van der Waals surface area contributed by atoms with Gasteiger partial charge in [0.1, 0.15) is 0 Å². The minimum Gasteiger partial charge on any atom is -0.376 e. The predicted octanol–water partition coefficient (Wildman–Crippen LogP) is 4.88. The van der Waals surface area contributed by atoms with Crippen LogP contribution in [0.2, 0.25) is 0 Å². The average Bonchev–Trinajstić information content (AvgIpc) is 2.57. The van der Waals surface area contributed by atoms with E-state index in [1.807, 2.05) is 12.1 Å². The molecule has 2 atom stereocenters. The maximum absolute atomic E-state index is 5.82. The molecule has 3 heteroatoms. The number of benzene rings is 2. The smallest absolute Gasteiger partial charge is 0.0717 e. The second-order valence-corrected chi connectivity index (χ2v) is 8.27. The molecule has 0 aromatic heterocycles. The van der Waals surface area contributed by atoms with E-state index in [1.165, 1.54) is 11.1 Å². The van der Waals surface area contributed by atoms with Crippen LogP contribution in [0.4, 0.5) is 0 Å².